The fourth-order valence-corrected chi connectivity index (χ4v) is 0.908. The molecule has 21 heavy (non-hydrogen) atoms. The topological polar surface area (TPSA) is 57.0 Å². The number of nitrogens with zero attached hydrogens (tertiary/aromatic N) is 1. The number of carbonyl (C=O) groups excluding carboxylic acids is 1. The smallest absolute Gasteiger partial charge is 0.233 e. The first kappa shape index (κ1) is 19.7. The molecule has 1 saturated carbocycles. The maximum absolute atomic E-state index is 9.92. The van der Waals surface area contributed by atoms with Crippen molar-refractivity contribution in [3.05, 3.63) is 24.3 Å². The third-order valence-electron chi connectivity index (χ3n) is 2.20. The Balaban J connectivity index is 0.000000370. The molecule has 1 saturated heterocycles. The molecule has 0 N–H and O–H groups in total. The first-order valence-corrected chi connectivity index (χ1v) is 6.52. The molecule has 1 heterocycles. The van der Waals surface area contributed by atoms with Crippen LogP contribution in [0.25, 0.3) is 0 Å². The Kier molecular flexibility index (Phi) is 9.78. The normalized spacial score (nSPS) is 18.8. The van der Waals surface area contributed by atoms with Crippen LogP contribution < -0.4 is 0 Å². The highest BCUT2D eigenvalue weighted by Crippen LogP contribution is 2.23. The van der Waals surface area contributed by atoms with Gasteiger partial charge in [0.15, 0.2) is 0 Å². The van der Waals surface area contributed by atoms with Crippen LogP contribution in [0.3, 0.4) is 0 Å². The molecule has 0 spiro atoms. The van der Waals surface area contributed by atoms with Crippen molar-refractivity contribution in [2.75, 3.05) is 19.8 Å². The van der Waals surface area contributed by atoms with E-state index in [1.165, 1.54) is 4.58 Å². The molecule has 2 fully saturated rings. The number of isocyanates is 1. The Morgan fingerprint density at radius 2 is 1.67 bits per heavy atom. The second-order valence-electron chi connectivity index (χ2n) is 5.03. The van der Waals surface area contributed by atoms with Gasteiger partial charge in [-0.15, -0.1) is 4.58 Å². The molecule has 120 valence electrons. The summed E-state index contributed by atoms with van der Waals surface area (Å²) in [4.78, 5) is 29.1. The average Bonchev–Trinajstić information content (AvgIpc) is 3.23. The Hall–Kier alpha value is -1.30. The molecule has 1 aliphatic heterocycles. The largest absolute Gasteiger partial charge is 0.427 e. The van der Waals surface area contributed by atoms with Crippen molar-refractivity contribution >= 4 is 6.08 Å². The van der Waals surface area contributed by atoms with Gasteiger partial charge >= 0.3 is 12.3 Å². The van der Waals surface area contributed by atoms with Crippen molar-refractivity contribution in [2.45, 2.75) is 46.4 Å². The van der Waals surface area contributed by atoms with E-state index in [2.05, 4.69) is 13.2 Å². The second kappa shape index (κ2) is 10.4. The molecular formula is C15H26NO5+. The highest BCUT2D eigenvalue weighted by Gasteiger charge is 2.45. The summed E-state index contributed by atoms with van der Waals surface area (Å²) in [5, 5.41) is 0. The molecule has 0 amide bonds. The van der Waals surface area contributed by atoms with Gasteiger partial charge in [-0.25, -0.2) is 14.7 Å². The third kappa shape index (κ3) is 11.1. The van der Waals surface area contributed by atoms with Gasteiger partial charge in [0.2, 0.25) is 6.54 Å². The number of hydrogen-bond donors (Lipinski definition) is 0. The Labute approximate surface area is 126 Å². The summed E-state index contributed by atoms with van der Waals surface area (Å²) in [6.45, 7) is 12.5. The highest BCUT2D eigenvalue weighted by atomic mass is 17.2. The Bertz CT molecular complexity index is 397. The first-order valence-electron chi connectivity index (χ1n) is 6.52. The van der Waals surface area contributed by atoms with Crippen molar-refractivity contribution < 1.29 is 28.9 Å². The van der Waals surface area contributed by atoms with Crippen LogP contribution >= 0.6 is 0 Å². The van der Waals surface area contributed by atoms with Gasteiger partial charge in [0.25, 0.3) is 0 Å². The van der Waals surface area contributed by atoms with Crippen LogP contribution in [0.15, 0.2) is 24.3 Å². The van der Waals surface area contributed by atoms with Gasteiger partial charge < -0.3 is 0 Å². The quantitative estimate of drug-likeness (QED) is 0.172. The summed E-state index contributed by atoms with van der Waals surface area (Å²) >= 11 is 0. The minimum absolute atomic E-state index is 0. The van der Waals surface area contributed by atoms with E-state index in [0.717, 1.165) is 24.0 Å². The van der Waals surface area contributed by atoms with Gasteiger partial charge in [-0.1, -0.05) is 31.7 Å². The van der Waals surface area contributed by atoms with Crippen molar-refractivity contribution in [1.82, 2.24) is 0 Å². The molecule has 0 aromatic carbocycles. The zero-order valence-corrected chi connectivity index (χ0v) is 12.1. The number of rotatable bonds is 8. The molecule has 2 aliphatic rings. The predicted molar refractivity (Wildman–Crippen MR) is 78.1 cm³/mol. The van der Waals surface area contributed by atoms with Crippen LogP contribution in [0.4, 0.5) is 0 Å². The van der Waals surface area contributed by atoms with E-state index < -0.39 is 0 Å². The van der Waals surface area contributed by atoms with Gasteiger partial charge in [0.1, 0.15) is 13.2 Å². The molecule has 1 atom stereocenters. The molecule has 1 unspecified atom stereocenters. The number of hydrogen-bond acceptors (Lipinski definition) is 5. The van der Waals surface area contributed by atoms with Crippen molar-refractivity contribution in [1.29, 1.82) is 0 Å². The molecule has 0 bridgehead atoms. The van der Waals surface area contributed by atoms with E-state index in [-0.39, 0.29) is 13.7 Å². The highest BCUT2D eigenvalue weighted by molar-refractivity contribution is 5.26. The summed E-state index contributed by atoms with van der Waals surface area (Å²) in [7, 11) is 0. The lowest BCUT2D eigenvalue weighted by atomic mass is 10.4. The van der Waals surface area contributed by atoms with Crippen LogP contribution in [0.5, 0.6) is 0 Å². The van der Waals surface area contributed by atoms with E-state index in [9.17, 15) is 4.79 Å². The molecule has 6 heteroatoms. The van der Waals surface area contributed by atoms with Gasteiger partial charge in [0, 0.05) is 0 Å². The minimum Gasteiger partial charge on any atom is -0.233 e. The van der Waals surface area contributed by atoms with Gasteiger partial charge in [-0.2, -0.15) is 9.68 Å². The van der Waals surface area contributed by atoms with Crippen LogP contribution in [0.2, 0.25) is 0 Å². The Morgan fingerprint density at radius 3 is 2.05 bits per heavy atom. The molecule has 0 aromatic rings. The van der Waals surface area contributed by atoms with Crippen LogP contribution in [0.1, 0.15) is 34.1 Å². The fraction of sp³-hybridized carbons (Fsp3) is 0.667. The average molecular weight is 300 g/mol. The van der Waals surface area contributed by atoms with E-state index >= 15 is 0 Å². The van der Waals surface area contributed by atoms with E-state index in [0.29, 0.717) is 25.9 Å². The van der Waals surface area contributed by atoms with Gasteiger partial charge in [0.05, 0.1) is 6.10 Å². The zero-order chi connectivity index (χ0) is 15.0. The molecule has 0 aromatic heterocycles. The lowest BCUT2D eigenvalue weighted by Gasteiger charge is -1.99. The van der Waals surface area contributed by atoms with Gasteiger partial charge in [-0.05, 0) is 26.7 Å². The molecular weight excluding hydrogens is 274 g/mol. The third-order valence-corrected chi connectivity index (χ3v) is 2.20. The molecule has 6 nitrogen and oxygen atoms in total. The molecule has 0 radical (unpaired) electrons. The maximum Gasteiger partial charge on any atom is 0.427 e. The van der Waals surface area contributed by atoms with Crippen LogP contribution in [-0.4, -0.2) is 42.7 Å². The SMILES string of the molecule is C.C=C(C)COOC1CC1.C=C(C)COOC1C[N+]1=C=O. The summed E-state index contributed by atoms with van der Waals surface area (Å²) in [5.74, 6) is 0. The van der Waals surface area contributed by atoms with E-state index in [1.807, 2.05) is 13.8 Å². The zero-order valence-electron chi connectivity index (χ0n) is 12.1. The summed E-state index contributed by atoms with van der Waals surface area (Å²) in [6, 6.07) is 0. The molecule has 1 aliphatic carbocycles. The summed E-state index contributed by atoms with van der Waals surface area (Å²) in [6.07, 6.45) is 4.13. The van der Waals surface area contributed by atoms with Crippen molar-refractivity contribution in [3.8, 4) is 0 Å². The van der Waals surface area contributed by atoms with Crippen LogP contribution in [0, 0.1) is 0 Å². The monoisotopic (exact) mass is 300 g/mol. The summed E-state index contributed by atoms with van der Waals surface area (Å²) in [5.41, 5.74) is 1.88. The van der Waals surface area contributed by atoms with E-state index in [1.54, 1.807) is 6.08 Å². The van der Waals surface area contributed by atoms with E-state index in [4.69, 9.17) is 19.6 Å². The second-order valence-corrected chi connectivity index (χ2v) is 5.03. The van der Waals surface area contributed by atoms with Crippen molar-refractivity contribution in [2.24, 2.45) is 0 Å². The van der Waals surface area contributed by atoms with Crippen molar-refractivity contribution in [3.63, 3.8) is 0 Å². The molecule has 2 rings (SSSR count). The summed E-state index contributed by atoms with van der Waals surface area (Å²) < 4.78 is 1.36. The lowest BCUT2D eigenvalue weighted by molar-refractivity contribution is -0.465. The fourth-order valence-electron chi connectivity index (χ4n) is 0.908. The first-order chi connectivity index (χ1) is 9.52. The predicted octanol–water partition coefficient (Wildman–Crippen LogP) is 2.51. The lowest BCUT2D eigenvalue weighted by Crippen LogP contribution is -2.01. The maximum atomic E-state index is 9.92. The van der Waals surface area contributed by atoms with Crippen LogP contribution in [-0.2, 0) is 24.3 Å². The standard InChI is InChI=1S/C7H10NO3.C7H12O2.CH4/c1-6(2)4-10-11-7-3-8(7)5-9;1-6(2)5-8-9-7-3-4-7;/h7H,1,3-4H2,2H3;7H,1,3-5H2,2H3;1H4/q+1;;. The minimum atomic E-state index is -0.230. The Morgan fingerprint density at radius 1 is 1.14 bits per heavy atom. The van der Waals surface area contributed by atoms with Gasteiger partial charge in [-0.3, -0.25) is 0 Å².